The zero-order valence-electron chi connectivity index (χ0n) is 13.9. The van der Waals surface area contributed by atoms with Crippen LogP contribution in [-0.4, -0.2) is 23.0 Å². The van der Waals surface area contributed by atoms with E-state index in [-0.39, 0.29) is 0 Å². The van der Waals surface area contributed by atoms with Gasteiger partial charge in [0, 0.05) is 6.42 Å². The van der Waals surface area contributed by atoms with Gasteiger partial charge >= 0.3 is 18.3 Å². The summed E-state index contributed by atoms with van der Waals surface area (Å²) in [5.74, 6) is -3.04. The van der Waals surface area contributed by atoms with Crippen LogP contribution in [0, 0.1) is 0 Å². The molecule has 0 aliphatic rings. The van der Waals surface area contributed by atoms with Crippen LogP contribution in [0.15, 0.2) is 48.5 Å². The third-order valence-corrected chi connectivity index (χ3v) is 3.83. The summed E-state index contributed by atoms with van der Waals surface area (Å²) in [6, 6.07) is 5.97. The summed E-state index contributed by atoms with van der Waals surface area (Å²) in [5.41, 5.74) is -3.62. The number of carboxylic acids is 1. The van der Waals surface area contributed by atoms with Crippen LogP contribution in [0.3, 0.4) is 0 Å². The van der Waals surface area contributed by atoms with Crippen LogP contribution in [0.4, 0.5) is 26.3 Å². The summed E-state index contributed by atoms with van der Waals surface area (Å²) in [4.78, 5) is 23.6. The monoisotopic (exact) mass is 405 g/mol. The van der Waals surface area contributed by atoms with Gasteiger partial charge in [-0.25, -0.2) is 4.79 Å². The Morgan fingerprint density at radius 3 is 1.89 bits per heavy atom. The van der Waals surface area contributed by atoms with E-state index in [1.165, 1.54) is 6.07 Å². The summed E-state index contributed by atoms with van der Waals surface area (Å²) in [6.45, 7) is 0. The number of alkyl halides is 6. The van der Waals surface area contributed by atoms with Crippen LogP contribution in [0.5, 0.6) is 0 Å². The Bertz CT molecular complexity index is 876. The molecule has 2 aromatic rings. The molecule has 0 heterocycles. The number of carboxylic acid groups (broad SMARTS) is 1. The second-order valence-electron chi connectivity index (χ2n) is 5.77. The average molecular weight is 405 g/mol. The second kappa shape index (κ2) is 7.91. The first kappa shape index (κ1) is 21.3. The molecule has 0 radical (unpaired) electrons. The normalized spacial score (nSPS) is 13.1. The number of rotatable bonds is 5. The van der Waals surface area contributed by atoms with E-state index in [1.807, 2.05) is 5.32 Å². The Kier molecular flexibility index (Phi) is 6.01. The molecule has 0 aromatic heterocycles. The van der Waals surface area contributed by atoms with Crippen LogP contribution in [0.2, 0.25) is 0 Å². The molecule has 2 aromatic carbocycles. The van der Waals surface area contributed by atoms with Gasteiger partial charge in [0.25, 0.3) is 5.91 Å². The lowest BCUT2D eigenvalue weighted by Crippen LogP contribution is -2.43. The molecule has 10 heteroatoms. The van der Waals surface area contributed by atoms with E-state index in [1.54, 1.807) is 0 Å². The van der Waals surface area contributed by atoms with Gasteiger partial charge < -0.3 is 10.4 Å². The Morgan fingerprint density at radius 1 is 0.857 bits per heavy atom. The van der Waals surface area contributed by atoms with Gasteiger partial charge in [-0.05, 0) is 23.8 Å². The summed E-state index contributed by atoms with van der Waals surface area (Å²) in [5, 5.41) is 11.1. The number of nitrogens with one attached hydrogen (secondary N) is 1. The van der Waals surface area contributed by atoms with E-state index in [0.717, 1.165) is 36.4 Å². The van der Waals surface area contributed by atoms with E-state index in [4.69, 9.17) is 0 Å². The molecule has 150 valence electrons. The first-order valence-corrected chi connectivity index (χ1v) is 7.76. The number of benzene rings is 2. The van der Waals surface area contributed by atoms with Gasteiger partial charge in [-0.3, -0.25) is 4.79 Å². The molecule has 0 aliphatic carbocycles. The first-order valence-electron chi connectivity index (χ1n) is 7.76. The maximum Gasteiger partial charge on any atom is 0.417 e. The average Bonchev–Trinajstić information content (AvgIpc) is 2.59. The van der Waals surface area contributed by atoms with Crippen molar-refractivity contribution in [2.24, 2.45) is 0 Å². The molecule has 0 spiro atoms. The van der Waals surface area contributed by atoms with Gasteiger partial charge in [0.2, 0.25) is 0 Å². The zero-order chi connectivity index (χ0) is 21.1. The number of hydrogen-bond donors (Lipinski definition) is 2. The fourth-order valence-corrected chi connectivity index (χ4v) is 2.56. The van der Waals surface area contributed by atoms with Crippen LogP contribution < -0.4 is 5.32 Å². The zero-order valence-corrected chi connectivity index (χ0v) is 13.9. The Labute approximate surface area is 154 Å². The topological polar surface area (TPSA) is 66.4 Å². The molecular formula is C18H13F6NO3. The van der Waals surface area contributed by atoms with Gasteiger partial charge in [0.1, 0.15) is 6.04 Å². The number of aliphatic carboxylic acids is 1. The molecule has 0 saturated carbocycles. The van der Waals surface area contributed by atoms with Gasteiger partial charge in [-0.15, -0.1) is 0 Å². The molecular weight excluding hydrogens is 392 g/mol. The van der Waals surface area contributed by atoms with Gasteiger partial charge in [-0.1, -0.05) is 30.3 Å². The summed E-state index contributed by atoms with van der Waals surface area (Å²) in [6.07, 6.45) is -10.4. The number of carbonyl (C=O) groups excluding carboxylic acids is 1. The highest BCUT2D eigenvalue weighted by molar-refractivity contribution is 5.98. The van der Waals surface area contributed by atoms with Crippen molar-refractivity contribution < 1.29 is 41.0 Å². The number of halogens is 6. The van der Waals surface area contributed by atoms with Crippen molar-refractivity contribution in [3.8, 4) is 0 Å². The summed E-state index contributed by atoms with van der Waals surface area (Å²) >= 11 is 0. The van der Waals surface area contributed by atoms with Crippen molar-refractivity contribution in [3.63, 3.8) is 0 Å². The Morgan fingerprint density at radius 2 is 1.36 bits per heavy atom. The number of amides is 1. The van der Waals surface area contributed by atoms with E-state index >= 15 is 0 Å². The SMILES string of the molecule is O=C(N[C@H](Cc1ccccc1C(F)(F)F)C(=O)O)c1ccccc1C(F)(F)F. The third-order valence-electron chi connectivity index (χ3n) is 3.83. The Balaban J connectivity index is 2.31. The van der Waals surface area contributed by atoms with Crippen LogP contribution in [-0.2, 0) is 23.6 Å². The fourth-order valence-electron chi connectivity index (χ4n) is 2.56. The minimum atomic E-state index is -4.87. The fraction of sp³-hybridized carbons (Fsp3) is 0.222. The maximum atomic E-state index is 13.1. The van der Waals surface area contributed by atoms with Crippen molar-refractivity contribution in [2.45, 2.75) is 24.8 Å². The molecule has 2 N–H and O–H groups in total. The molecule has 28 heavy (non-hydrogen) atoms. The number of carbonyl (C=O) groups is 2. The van der Waals surface area contributed by atoms with Gasteiger partial charge in [0.05, 0.1) is 16.7 Å². The van der Waals surface area contributed by atoms with Crippen molar-refractivity contribution in [3.05, 3.63) is 70.8 Å². The van der Waals surface area contributed by atoms with Crippen LogP contribution >= 0.6 is 0 Å². The molecule has 1 atom stereocenters. The molecule has 1 amide bonds. The molecule has 0 aliphatic heterocycles. The minimum absolute atomic E-state index is 0.410. The van der Waals surface area contributed by atoms with E-state index in [9.17, 15) is 41.0 Å². The van der Waals surface area contributed by atoms with E-state index in [0.29, 0.717) is 6.07 Å². The highest BCUT2D eigenvalue weighted by Crippen LogP contribution is 2.33. The Hall–Kier alpha value is -3.04. The lowest BCUT2D eigenvalue weighted by Gasteiger charge is -2.19. The second-order valence-corrected chi connectivity index (χ2v) is 5.77. The first-order chi connectivity index (χ1) is 12.9. The molecule has 4 nitrogen and oxygen atoms in total. The van der Waals surface area contributed by atoms with Crippen molar-refractivity contribution in [2.75, 3.05) is 0 Å². The molecule has 2 rings (SSSR count). The molecule has 0 saturated heterocycles. The lowest BCUT2D eigenvalue weighted by molar-refractivity contribution is -0.141. The van der Waals surface area contributed by atoms with E-state index in [2.05, 4.69) is 0 Å². The smallest absolute Gasteiger partial charge is 0.417 e. The maximum absolute atomic E-state index is 13.1. The summed E-state index contributed by atoms with van der Waals surface area (Å²) < 4.78 is 78.2. The standard InChI is InChI=1S/C18H13F6NO3/c19-17(20,21)12-7-3-1-5-10(12)9-14(16(27)28)25-15(26)11-6-2-4-8-13(11)18(22,23)24/h1-8,14H,9H2,(H,25,26)(H,27,28)/t14-/m1/s1. The van der Waals surface area contributed by atoms with Gasteiger partial charge in [0.15, 0.2) is 0 Å². The largest absolute Gasteiger partial charge is 0.480 e. The van der Waals surface area contributed by atoms with Crippen molar-refractivity contribution in [1.82, 2.24) is 5.32 Å². The minimum Gasteiger partial charge on any atom is -0.480 e. The molecule has 0 bridgehead atoms. The third kappa shape index (κ3) is 5.02. The quantitative estimate of drug-likeness (QED) is 0.735. The summed E-state index contributed by atoms with van der Waals surface area (Å²) in [7, 11) is 0. The highest BCUT2D eigenvalue weighted by atomic mass is 19.4. The van der Waals surface area contributed by atoms with E-state index < -0.39 is 58.9 Å². The molecule has 0 unspecified atom stereocenters. The predicted molar refractivity (Wildman–Crippen MR) is 85.5 cm³/mol. The van der Waals surface area contributed by atoms with Crippen LogP contribution in [0.25, 0.3) is 0 Å². The predicted octanol–water partition coefficient (Wildman–Crippen LogP) is 4.15. The number of hydrogen-bond acceptors (Lipinski definition) is 2. The molecule has 0 fully saturated rings. The lowest BCUT2D eigenvalue weighted by atomic mass is 9.99. The highest BCUT2D eigenvalue weighted by Gasteiger charge is 2.37. The van der Waals surface area contributed by atoms with Crippen molar-refractivity contribution in [1.29, 1.82) is 0 Å². The van der Waals surface area contributed by atoms with Gasteiger partial charge in [-0.2, -0.15) is 26.3 Å². The van der Waals surface area contributed by atoms with Crippen molar-refractivity contribution >= 4 is 11.9 Å². The van der Waals surface area contributed by atoms with Crippen LogP contribution in [0.1, 0.15) is 27.0 Å².